The minimum absolute atomic E-state index is 0.487. The maximum absolute atomic E-state index is 10.9. The summed E-state index contributed by atoms with van der Waals surface area (Å²) in [5.41, 5.74) is 1.12. The fourth-order valence-corrected chi connectivity index (χ4v) is 2.56. The van der Waals surface area contributed by atoms with Gasteiger partial charge in [-0.25, -0.2) is 0 Å². The van der Waals surface area contributed by atoms with Crippen LogP contribution in [-0.4, -0.2) is 15.0 Å². The monoisotopic (exact) mass is 258 g/mol. The molecule has 1 aliphatic rings. The molecule has 1 aromatic heterocycles. The highest BCUT2D eigenvalue weighted by Crippen LogP contribution is 2.38. The number of allylic oxidation sites excluding steroid dienone is 1. The minimum Gasteiger partial charge on any atom is -0.302 e. The third kappa shape index (κ3) is 1.26. The van der Waals surface area contributed by atoms with Crippen LogP contribution in [0.15, 0.2) is 6.08 Å². The summed E-state index contributed by atoms with van der Waals surface area (Å²) < 4.78 is 9.24. The van der Waals surface area contributed by atoms with Crippen LogP contribution in [0.4, 0.5) is 0 Å². The number of halogens is 1. The molecule has 0 aromatic carbocycles. The van der Waals surface area contributed by atoms with E-state index in [-0.39, 0.29) is 0 Å². The molecule has 1 atom stereocenters. The van der Waals surface area contributed by atoms with Crippen molar-refractivity contribution in [2.24, 2.45) is 0 Å². The molecule has 68 valence electrons. The normalized spacial score (nSPS) is 26.5. The lowest BCUT2D eigenvalue weighted by Gasteiger charge is -2.23. The van der Waals surface area contributed by atoms with Crippen molar-refractivity contribution in [3.8, 4) is 0 Å². The molecule has 0 amide bonds. The predicted octanol–water partition coefficient (Wildman–Crippen LogP) is 2.13. The maximum atomic E-state index is 10.9. The number of fused-ring (bicyclic) bond motifs is 1. The van der Waals surface area contributed by atoms with Crippen LogP contribution in [0.5, 0.6) is 0 Å². The van der Waals surface area contributed by atoms with E-state index in [4.69, 9.17) is 0 Å². The van der Waals surface area contributed by atoms with Crippen LogP contribution in [0.25, 0.3) is 4.48 Å². The molecule has 0 saturated carbocycles. The largest absolute Gasteiger partial charge is 0.302 e. The molecule has 2 rings (SSSR count). The second-order valence-corrected chi connectivity index (χ2v) is 4.64. The smallest absolute Gasteiger partial charge is 0.132 e. The summed E-state index contributed by atoms with van der Waals surface area (Å²) in [5, 5.41) is 0. The number of nitrogens with zero attached hydrogens (tertiary/aromatic N) is 2. The Hall–Kier alpha value is -0.550. The van der Waals surface area contributed by atoms with Gasteiger partial charge in [-0.15, -0.1) is 0 Å². The fourth-order valence-electron chi connectivity index (χ4n) is 1.32. The molecule has 1 unspecified atom stereocenters. The average Bonchev–Trinajstić information content (AvgIpc) is 2.62. The van der Waals surface area contributed by atoms with Crippen molar-refractivity contribution in [2.45, 2.75) is 18.8 Å². The number of aldehydes is 1. The van der Waals surface area contributed by atoms with E-state index in [9.17, 15) is 4.79 Å². The molecule has 1 aliphatic carbocycles. The summed E-state index contributed by atoms with van der Waals surface area (Å²) >= 11 is 4.54. The summed E-state index contributed by atoms with van der Waals surface area (Å²) in [6.45, 7) is 1.89. The Morgan fingerprint density at radius 3 is 3.15 bits per heavy atom. The van der Waals surface area contributed by atoms with Gasteiger partial charge in [-0.05, 0) is 29.3 Å². The van der Waals surface area contributed by atoms with E-state index in [1.807, 2.05) is 13.0 Å². The molecule has 1 aromatic rings. The number of rotatable bonds is 1. The zero-order chi connectivity index (χ0) is 9.47. The quantitative estimate of drug-likeness (QED) is 0.725. The molecule has 0 saturated heterocycles. The van der Waals surface area contributed by atoms with E-state index in [0.717, 1.165) is 33.9 Å². The van der Waals surface area contributed by atoms with Gasteiger partial charge in [-0.3, -0.25) is 0 Å². The Balaban J connectivity index is 2.61. The number of hydrogen-bond donors (Lipinski definition) is 0. The van der Waals surface area contributed by atoms with E-state index in [2.05, 4.69) is 24.7 Å². The SMILES string of the molecule is CC1(C=O)CC=C(Br)c2nsnc21. The van der Waals surface area contributed by atoms with Crippen LogP contribution in [0.1, 0.15) is 24.7 Å². The van der Waals surface area contributed by atoms with E-state index in [0.29, 0.717) is 6.42 Å². The van der Waals surface area contributed by atoms with Crippen LogP contribution >= 0.6 is 27.7 Å². The molecule has 13 heavy (non-hydrogen) atoms. The van der Waals surface area contributed by atoms with Crippen molar-refractivity contribution in [3.05, 3.63) is 17.5 Å². The summed E-state index contributed by atoms with van der Waals surface area (Å²) in [6, 6.07) is 0. The fraction of sp³-hybridized carbons (Fsp3) is 0.375. The predicted molar refractivity (Wildman–Crippen MR) is 54.8 cm³/mol. The van der Waals surface area contributed by atoms with Gasteiger partial charge in [0.1, 0.15) is 12.0 Å². The van der Waals surface area contributed by atoms with Crippen LogP contribution in [0, 0.1) is 0 Å². The Labute approximate surface area is 88.3 Å². The highest BCUT2D eigenvalue weighted by molar-refractivity contribution is 9.15. The molecule has 1 heterocycles. The van der Waals surface area contributed by atoms with Gasteiger partial charge in [0.25, 0.3) is 0 Å². The van der Waals surface area contributed by atoms with Gasteiger partial charge in [0, 0.05) is 4.48 Å². The first-order valence-corrected chi connectivity index (χ1v) is 5.35. The van der Waals surface area contributed by atoms with Gasteiger partial charge in [0.15, 0.2) is 0 Å². The second-order valence-electron chi connectivity index (χ2n) is 3.25. The topological polar surface area (TPSA) is 42.9 Å². The van der Waals surface area contributed by atoms with Gasteiger partial charge in [0.2, 0.25) is 0 Å². The number of carbonyl (C=O) groups is 1. The highest BCUT2D eigenvalue weighted by Gasteiger charge is 2.35. The highest BCUT2D eigenvalue weighted by atomic mass is 79.9. The lowest BCUT2D eigenvalue weighted by Crippen LogP contribution is -2.26. The third-order valence-electron chi connectivity index (χ3n) is 2.22. The molecule has 0 N–H and O–H groups in total. The zero-order valence-corrected chi connectivity index (χ0v) is 9.35. The van der Waals surface area contributed by atoms with Gasteiger partial charge >= 0.3 is 0 Å². The molecular formula is C8H7BrN2OS. The first-order valence-electron chi connectivity index (χ1n) is 3.83. The molecular weight excluding hydrogens is 252 g/mol. The number of carbonyl (C=O) groups excluding carboxylic acids is 1. The Bertz CT molecular complexity index is 387. The first-order chi connectivity index (χ1) is 6.17. The lowest BCUT2D eigenvalue weighted by atomic mass is 9.81. The first kappa shape index (κ1) is 9.02. The molecule has 0 fully saturated rings. The van der Waals surface area contributed by atoms with E-state index < -0.39 is 5.41 Å². The maximum Gasteiger partial charge on any atom is 0.132 e. The molecule has 0 spiro atoms. The Kier molecular flexibility index (Phi) is 2.08. The van der Waals surface area contributed by atoms with E-state index >= 15 is 0 Å². The van der Waals surface area contributed by atoms with Crippen molar-refractivity contribution in [2.75, 3.05) is 0 Å². The average molecular weight is 259 g/mol. The summed E-state index contributed by atoms with van der Waals surface area (Å²) in [5.74, 6) is 0. The summed E-state index contributed by atoms with van der Waals surface area (Å²) in [4.78, 5) is 10.9. The third-order valence-corrected chi connectivity index (χ3v) is 3.45. The van der Waals surface area contributed by atoms with Crippen LogP contribution < -0.4 is 0 Å². The van der Waals surface area contributed by atoms with Crippen LogP contribution in [0.2, 0.25) is 0 Å². The second kappa shape index (κ2) is 2.99. The van der Waals surface area contributed by atoms with Crippen LogP contribution in [-0.2, 0) is 10.2 Å². The van der Waals surface area contributed by atoms with Crippen molar-refractivity contribution < 1.29 is 4.79 Å². The molecule has 0 aliphatic heterocycles. The molecule has 0 radical (unpaired) electrons. The molecule has 0 bridgehead atoms. The number of hydrogen-bond acceptors (Lipinski definition) is 4. The number of aromatic nitrogens is 2. The van der Waals surface area contributed by atoms with E-state index in [1.54, 1.807) is 0 Å². The standard InChI is InChI=1S/C8H7BrN2OS/c1-8(4-12)3-2-5(9)6-7(8)11-13-10-6/h2,4H,3H2,1H3. The van der Waals surface area contributed by atoms with Crippen molar-refractivity contribution in [1.82, 2.24) is 8.75 Å². The zero-order valence-electron chi connectivity index (χ0n) is 6.95. The van der Waals surface area contributed by atoms with Gasteiger partial charge in [-0.2, -0.15) is 8.75 Å². The Morgan fingerprint density at radius 2 is 2.46 bits per heavy atom. The lowest BCUT2D eigenvalue weighted by molar-refractivity contribution is -0.112. The van der Waals surface area contributed by atoms with Gasteiger partial charge in [-0.1, -0.05) is 6.08 Å². The van der Waals surface area contributed by atoms with Crippen molar-refractivity contribution in [1.29, 1.82) is 0 Å². The molecule has 3 nitrogen and oxygen atoms in total. The molecule has 5 heteroatoms. The summed E-state index contributed by atoms with van der Waals surface area (Å²) in [7, 11) is 0. The minimum atomic E-state index is -0.487. The van der Waals surface area contributed by atoms with Crippen LogP contribution in [0.3, 0.4) is 0 Å². The summed E-state index contributed by atoms with van der Waals surface area (Å²) in [6.07, 6.45) is 3.61. The van der Waals surface area contributed by atoms with Crippen molar-refractivity contribution in [3.63, 3.8) is 0 Å². The van der Waals surface area contributed by atoms with Gasteiger partial charge < -0.3 is 4.79 Å². The van der Waals surface area contributed by atoms with Gasteiger partial charge in [0.05, 0.1) is 22.8 Å². The van der Waals surface area contributed by atoms with Crippen molar-refractivity contribution >= 4 is 38.4 Å². The Morgan fingerprint density at radius 1 is 1.69 bits per heavy atom. The van der Waals surface area contributed by atoms with E-state index in [1.165, 1.54) is 0 Å².